The molecule has 14 heavy (non-hydrogen) atoms. The summed E-state index contributed by atoms with van der Waals surface area (Å²) in [5, 5.41) is 16.9. The lowest BCUT2D eigenvalue weighted by Crippen LogP contribution is -2.22. The van der Waals surface area contributed by atoms with Gasteiger partial charge in [0, 0.05) is 5.71 Å². The van der Waals surface area contributed by atoms with Crippen molar-refractivity contribution in [3.05, 3.63) is 24.3 Å². The number of hydrogen-bond donors (Lipinski definition) is 2. The first-order valence-electron chi connectivity index (χ1n) is 4.45. The fourth-order valence-corrected chi connectivity index (χ4v) is 1.02. The molecule has 0 unspecified atom stereocenters. The standard InChI is InChI=1S/C5H7N.C4H6BNO2/c1-5-3-2-4-6-5;7-5(8)4-2-1-3-6-4/h2-3H,4H2,1H3;1-2,7-8H,3H2. The van der Waals surface area contributed by atoms with Crippen LogP contribution in [-0.4, -0.2) is 41.6 Å². The van der Waals surface area contributed by atoms with E-state index in [2.05, 4.69) is 16.1 Å². The van der Waals surface area contributed by atoms with Gasteiger partial charge < -0.3 is 10.0 Å². The molecule has 74 valence electrons. The van der Waals surface area contributed by atoms with Gasteiger partial charge in [0.05, 0.1) is 18.7 Å². The van der Waals surface area contributed by atoms with Crippen LogP contribution in [0.15, 0.2) is 34.3 Å². The van der Waals surface area contributed by atoms with Crippen molar-refractivity contribution < 1.29 is 10.0 Å². The molecule has 2 heterocycles. The van der Waals surface area contributed by atoms with Crippen LogP contribution in [0, 0.1) is 0 Å². The predicted octanol–water partition coefficient (Wildman–Crippen LogP) is 0.0263. The molecule has 0 saturated carbocycles. The van der Waals surface area contributed by atoms with E-state index in [9.17, 15) is 0 Å². The molecule has 0 saturated heterocycles. The third-order valence-electron chi connectivity index (χ3n) is 1.74. The van der Waals surface area contributed by atoms with Crippen LogP contribution in [0.4, 0.5) is 0 Å². The fourth-order valence-electron chi connectivity index (χ4n) is 1.02. The minimum Gasteiger partial charge on any atom is -0.422 e. The Morgan fingerprint density at radius 2 is 1.79 bits per heavy atom. The van der Waals surface area contributed by atoms with E-state index >= 15 is 0 Å². The van der Waals surface area contributed by atoms with Crippen LogP contribution in [0.25, 0.3) is 0 Å². The van der Waals surface area contributed by atoms with Crippen molar-refractivity contribution in [3.63, 3.8) is 0 Å². The van der Waals surface area contributed by atoms with Gasteiger partial charge in [-0.1, -0.05) is 12.2 Å². The molecule has 0 aromatic heterocycles. The van der Waals surface area contributed by atoms with Gasteiger partial charge in [-0.3, -0.25) is 9.98 Å². The van der Waals surface area contributed by atoms with Crippen molar-refractivity contribution >= 4 is 18.4 Å². The molecule has 0 atom stereocenters. The summed E-state index contributed by atoms with van der Waals surface area (Å²) in [5.41, 5.74) is 1.50. The Hall–Kier alpha value is -1.20. The van der Waals surface area contributed by atoms with Crippen molar-refractivity contribution in [2.24, 2.45) is 9.98 Å². The molecule has 0 radical (unpaired) electrons. The Bertz CT molecular complexity index is 303. The van der Waals surface area contributed by atoms with E-state index in [1.807, 2.05) is 13.0 Å². The summed E-state index contributed by atoms with van der Waals surface area (Å²) < 4.78 is 0. The van der Waals surface area contributed by atoms with E-state index in [0.29, 0.717) is 12.2 Å². The summed E-state index contributed by atoms with van der Waals surface area (Å²) in [6.45, 7) is 3.47. The first-order chi connectivity index (χ1) is 6.70. The van der Waals surface area contributed by atoms with Crippen molar-refractivity contribution in [3.8, 4) is 0 Å². The number of allylic oxidation sites excluding steroid dienone is 2. The average Bonchev–Trinajstić information content (AvgIpc) is 2.75. The Morgan fingerprint density at radius 3 is 2.00 bits per heavy atom. The molecule has 0 aromatic carbocycles. The van der Waals surface area contributed by atoms with Crippen LogP contribution < -0.4 is 0 Å². The molecule has 0 aliphatic carbocycles. The molecule has 2 N–H and O–H groups in total. The van der Waals surface area contributed by atoms with Crippen LogP contribution in [-0.2, 0) is 0 Å². The molecule has 5 heteroatoms. The molecule has 0 amide bonds. The average molecular weight is 192 g/mol. The zero-order valence-electron chi connectivity index (χ0n) is 8.09. The SMILES string of the molecule is CC1=NCC=C1.OB(O)C1=NCC=C1. The molecule has 2 rings (SSSR count). The van der Waals surface area contributed by atoms with E-state index in [1.165, 1.54) is 0 Å². The summed E-state index contributed by atoms with van der Waals surface area (Å²) in [6.07, 6.45) is 7.45. The van der Waals surface area contributed by atoms with Gasteiger partial charge in [0.2, 0.25) is 0 Å². The summed E-state index contributed by atoms with van der Waals surface area (Å²) >= 11 is 0. The van der Waals surface area contributed by atoms with Crippen molar-refractivity contribution in [2.75, 3.05) is 13.1 Å². The number of aliphatic imine (C=N–C) groups is 2. The highest BCUT2D eigenvalue weighted by Crippen LogP contribution is 1.93. The lowest BCUT2D eigenvalue weighted by Gasteiger charge is -1.89. The number of rotatable bonds is 1. The monoisotopic (exact) mass is 192 g/mol. The van der Waals surface area contributed by atoms with E-state index in [4.69, 9.17) is 10.0 Å². The predicted molar refractivity (Wildman–Crippen MR) is 58.7 cm³/mol. The lowest BCUT2D eigenvalue weighted by atomic mass is 9.84. The molecule has 0 aromatic rings. The van der Waals surface area contributed by atoms with Gasteiger partial charge in [-0.2, -0.15) is 0 Å². The minimum absolute atomic E-state index is 0.352. The maximum absolute atomic E-state index is 8.43. The van der Waals surface area contributed by atoms with E-state index in [1.54, 1.807) is 12.2 Å². The van der Waals surface area contributed by atoms with E-state index in [0.717, 1.165) is 12.3 Å². The van der Waals surface area contributed by atoms with Gasteiger partial charge in [0.15, 0.2) is 0 Å². The molecule has 2 aliphatic heterocycles. The maximum Gasteiger partial charge on any atom is 0.507 e. The summed E-state index contributed by atoms with van der Waals surface area (Å²) in [6, 6.07) is 0. The van der Waals surface area contributed by atoms with Crippen molar-refractivity contribution in [1.29, 1.82) is 0 Å². The highest BCUT2D eigenvalue weighted by Gasteiger charge is 2.14. The normalized spacial score (nSPS) is 17.4. The topological polar surface area (TPSA) is 65.2 Å². The van der Waals surface area contributed by atoms with E-state index in [-0.39, 0.29) is 0 Å². The largest absolute Gasteiger partial charge is 0.507 e. The Balaban J connectivity index is 0.000000146. The second kappa shape index (κ2) is 5.52. The molecule has 0 fully saturated rings. The molecular weight excluding hydrogens is 179 g/mol. The molecule has 0 spiro atoms. The maximum atomic E-state index is 8.43. The summed E-state index contributed by atoms with van der Waals surface area (Å²) in [4.78, 5) is 7.78. The zero-order valence-corrected chi connectivity index (χ0v) is 8.09. The van der Waals surface area contributed by atoms with Crippen LogP contribution >= 0.6 is 0 Å². The summed E-state index contributed by atoms with van der Waals surface area (Å²) in [5.74, 6) is 0. The Labute approximate surface area is 83.5 Å². The van der Waals surface area contributed by atoms with Gasteiger partial charge in [-0.25, -0.2) is 0 Å². The number of nitrogens with zero attached hydrogens (tertiary/aromatic N) is 2. The van der Waals surface area contributed by atoms with Crippen LogP contribution in [0.2, 0.25) is 0 Å². The second-order valence-electron chi connectivity index (χ2n) is 2.93. The van der Waals surface area contributed by atoms with Crippen LogP contribution in [0.1, 0.15) is 6.92 Å². The molecule has 2 aliphatic rings. The first-order valence-corrected chi connectivity index (χ1v) is 4.45. The van der Waals surface area contributed by atoms with Gasteiger partial charge in [-0.15, -0.1) is 0 Å². The van der Waals surface area contributed by atoms with Gasteiger partial charge >= 0.3 is 7.12 Å². The first kappa shape index (κ1) is 10.9. The van der Waals surface area contributed by atoms with Gasteiger partial charge in [-0.05, 0) is 19.1 Å². The number of hydrogen-bond acceptors (Lipinski definition) is 4. The lowest BCUT2D eigenvalue weighted by molar-refractivity contribution is 0.430. The zero-order chi connectivity index (χ0) is 10.4. The van der Waals surface area contributed by atoms with Crippen LogP contribution in [0.5, 0.6) is 0 Å². The third-order valence-corrected chi connectivity index (χ3v) is 1.74. The van der Waals surface area contributed by atoms with Crippen molar-refractivity contribution in [1.82, 2.24) is 0 Å². The quantitative estimate of drug-likeness (QED) is 0.575. The van der Waals surface area contributed by atoms with Gasteiger partial charge in [0.1, 0.15) is 0 Å². The smallest absolute Gasteiger partial charge is 0.422 e. The minimum atomic E-state index is -1.39. The Kier molecular flexibility index (Phi) is 4.29. The second-order valence-corrected chi connectivity index (χ2v) is 2.93. The van der Waals surface area contributed by atoms with Crippen LogP contribution in [0.3, 0.4) is 0 Å². The molecular formula is C9H13BN2O2. The molecule has 4 nitrogen and oxygen atoms in total. The fraction of sp³-hybridized carbons (Fsp3) is 0.333. The summed E-state index contributed by atoms with van der Waals surface area (Å²) in [7, 11) is -1.39. The highest BCUT2D eigenvalue weighted by atomic mass is 16.4. The van der Waals surface area contributed by atoms with Crippen molar-refractivity contribution in [2.45, 2.75) is 6.92 Å². The molecule has 0 bridgehead atoms. The highest BCUT2D eigenvalue weighted by molar-refractivity contribution is 6.82. The Morgan fingerprint density at radius 1 is 1.14 bits per heavy atom. The third kappa shape index (κ3) is 3.68. The van der Waals surface area contributed by atoms with Gasteiger partial charge in [0.25, 0.3) is 0 Å². The van der Waals surface area contributed by atoms with E-state index < -0.39 is 7.12 Å².